The van der Waals surface area contributed by atoms with Crippen LogP contribution in [0.25, 0.3) is 0 Å². The number of hydrogen-bond donors (Lipinski definition) is 2. The van der Waals surface area contributed by atoms with Crippen LogP contribution >= 0.6 is 0 Å². The average Bonchev–Trinajstić information content (AvgIpc) is 2.23. The number of phenols is 1. The molecule has 0 saturated carbocycles. The van der Waals surface area contributed by atoms with Gasteiger partial charge in [-0.25, -0.2) is 0 Å². The molecule has 0 unspecified atom stereocenters. The fraction of sp³-hybridized carbons (Fsp3) is 0.462. The van der Waals surface area contributed by atoms with Crippen LogP contribution in [-0.2, 0) is 4.74 Å². The number of amides is 1. The summed E-state index contributed by atoms with van der Waals surface area (Å²) in [4.78, 5) is 11.9. The van der Waals surface area contributed by atoms with Gasteiger partial charge in [-0.3, -0.25) is 4.79 Å². The third-order valence-corrected chi connectivity index (χ3v) is 2.97. The topological polar surface area (TPSA) is 58.6 Å². The summed E-state index contributed by atoms with van der Waals surface area (Å²) in [5, 5.41) is 12.5. The number of aromatic hydroxyl groups is 1. The molecule has 0 spiro atoms. The van der Waals surface area contributed by atoms with Crippen LogP contribution in [0.15, 0.2) is 18.2 Å². The first kappa shape index (κ1) is 11.9. The summed E-state index contributed by atoms with van der Waals surface area (Å²) < 4.78 is 5.11. The second-order valence-electron chi connectivity index (χ2n) is 5.01. The van der Waals surface area contributed by atoms with Crippen LogP contribution < -0.4 is 5.32 Å². The van der Waals surface area contributed by atoms with Crippen LogP contribution in [0, 0.1) is 12.3 Å². The number of aryl methyl sites for hydroxylation is 1. The van der Waals surface area contributed by atoms with Gasteiger partial charge in [0.25, 0.3) is 5.91 Å². The van der Waals surface area contributed by atoms with Crippen molar-refractivity contribution in [2.75, 3.05) is 19.8 Å². The number of phenolic OH excluding ortho intramolecular Hbond substituents is 1. The lowest BCUT2D eigenvalue weighted by Gasteiger charge is -2.38. The molecule has 0 aromatic heterocycles. The zero-order chi connectivity index (χ0) is 12.5. The number of nitrogens with one attached hydrogen (secondary N) is 1. The molecule has 1 aliphatic heterocycles. The monoisotopic (exact) mass is 235 g/mol. The van der Waals surface area contributed by atoms with E-state index in [1.54, 1.807) is 12.1 Å². The first-order valence-electron chi connectivity index (χ1n) is 5.66. The lowest BCUT2D eigenvalue weighted by Crippen LogP contribution is -2.48. The molecule has 1 aromatic carbocycles. The van der Waals surface area contributed by atoms with Gasteiger partial charge in [0.1, 0.15) is 5.75 Å². The Balaban J connectivity index is 1.99. The minimum Gasteiger partial charge on any atom is -0.507 e. The Bertz CT molecular complexity index is 438. The first-order chi connectivity index (χ1) is 8.00. The minimum absolute atomic E-state index is 0.0255. The number of carbonyl (C=O) groups excluding carboxylic acids is 1. The standard InChI is InChI=1S/C13H17NO3/c1-9-3-4-10(11(15)5-9)12(16)14-6-13(2)7-17-8-13/h3-5,15H,6-8H2,1-2H3,(H,14,16). The predicted octanol–water partition coefficient (Wildman–Crippen LogP) is 1.47. The van der Waals surface area contributed by atoms with E-state index >= 15 is 0 Å². The molecule has 1 aromatic rings. The Kier molecular flexibility index (Phi) is 3.07. The molecule has 0 bridgehead atoms. The lowest BCUT2D eigenvalue weighted by atomic mass is 9.88. The molecule has 1 heterocycles. The molecule has 2 N–H and O–H groups in total. The fourth-order valence-electron chi connectivity index (χ4n) is 1.78. The second kappa shape index (κ2) is 4.37. The van der Waals surface area contributed by atoms with E-state index in [-0.39, 0.29) is 17.1 Å². The summed E-state index contributed by atoms with van der Waals surface area (Å²) in [6.45, 7) is 5.85. The van der Waals surface area contributed by atoms with E-state index in [1.165, 1.54) is 0 Å². The molecule has 2 rings (SSSR count). The average molecular weight is 235 g/mol. The molecule has 4 heteroatoms. The van der Waals surface area contributed by atoms with Crippen molar-refractivity contribution in [3.05, 3.63) is 29.3 Å². The lowest BCUT2D eigenvalue weighted by molar-refractivity contribution is -0.0978. The van der Waals surface area contributed by atoms with Crippen molar-refractivity contribution in [3.8, 4) is 5.75 Å². The highest BCUT2D eigenvalue weighted by molar-refractivity contribution is 5.96. The van der Waals surface area contributed by atoms with Gasteiger partial charge in [-0.1, -0.05) is 13.0 Å². The third-order valence-electron chi connectivity index (χ3n) is 2.97. The van der Waals surface area contributed by atoms with Gasteiger partial charge in [-0.05, 0) is 24.6 Å². The third kappa shape index (κ3) is 2.58. The first-order valence-corrected chi connectivity index (χ1v) is 5.66. The number of ether oxygens (including phenoxy) is 1. The van der Waals surface area contributed by atoms with Gasteiger partial charge in [0.05, 0.1) is 18.8 Å². The van der Waals surface area contributed by atoms with Crippen molar-refractivity contribution in [1.29, 1.82) is 0 Å². The maximum atomic E-state index is 11.9. The van der Waals surface area contributed by atoms with E-state index in [0.717, 1.165) is 5.56 Å². The number of carbonyl (C=O) groups is 1. The Hall–Kier alpha value is -1.55. The zero-order valence-corrected chi connectivity index (χ0v) is 10.1. The van der Waals surface area contributed by atoms with Gasteiger partial charge in [-0.2, -0.15) is 0 Å². The highest BCUT2D eigenvalue weighted by Crippen LogP contribution is 2.25. The Morgan fingerprint density at radius 1 is 1.53 bits per heavy atom. The minimum atomic E-state index is -0.240. The summed E-state index contributed by atoms with van der Waals surface area (Å²) in [6.07, 6.45) is 0. The fourth-order valence-corrected chi connectivity index (χ4v) is 1.78. The summed E-state index contributed by atoms with van der Waals surface area (Å²) >= 11 is 0. The number of benzene rings is 1. The summed E-state index contributed by atoms with van der Waals surface area (Å²) in [6, 6.07) is 5.03. The van der Waals surface area contributed by atoms with Crippen molar-refractivity contribution >= 4 is 5.91 Å². The van der Waals surface area contributed by atoms with Crippen LogP contribution in [0.5, 0.6) is 5.75 Å². The molecule has 92 valence electrons. The van der Waals surface area contributed by atoms with Gasteiger partial charge in [-0.15, -0.1) is 0 Å². The second-order valence-corrected chi connectivity index (χ2v) is 5.01. The smallest absolute Gasteiger partial charge is 0.255 e. The van der Waals surface area contributed by atoms with Crippen molar-refractivity contribution < 1.29 is 14.6 Å². The number of hydrogen-bond acceptors (Lipinski definition) is 3. The van der Waals surface area contributed by atoms with E-state index in [0.29, 0.717) is 25.3 Å². The van der Waals surface area contributed by atoms with E-state index in [1.807, 2.05) is 13.0 Å². The summed E-state index contributed by atoms with van der Waals surface area (Å²) in [5.74, 6) is -0.215. The maximum Gasteiger partial charge on any atom is 0.255 e. The van der Waals surface area contributed by atoms with Gasteiger partial charge in [0, 0.05) is 12.0 Å². The number of rotatable bonds is 3. The van der Waals surface area contributed by atoms with Crippen LogP contribution in [0.2, 0.25) is 0 Å². The van der Waals surface area contributed by atoms with Crippen molar-refractivity contribution in [2.24, 2.45) is 5.41 Å². The van der Waals surface area contributed by atoms with E-state index in [2.05, 4.69) is 12.2 Å². The van der Waals surface area contributed by atoms with E-state index < -0.39 is 0 Å². The van der Waals surface area contributed by atoms with Crippen LogP contribution in [0.3, 0.4) is 0 Å². The van der Waals surface area contributed by atoms with Gasteiger partial charge in [0.15, 0.2) is 0 Å². The molecule has 0 aliphatic carbocycles. The van der Waals surface area contributed by atoms with Crippen LogP contribution in [-0.4, -0.2) is 30.8 Å². The highest BCUT2D eigenvalue weighted by Gasteiger charge is 2.33. The molecule has 4 nitrogen and oxygen atoms in total. The quantitative estimate of drug-likeness (QED) is 0.834. The Labute approximate surface area is 101 Å². The zero-order valence-electron chi connectivity index (χ0n) is 10.1. The largest absolute Gasteiger partial charge is 0.507 e. The van der Waals surface area contributed by atoms with E-state index in [4.69, 9.17) is 4.74 Å². The van der Waals surface area contributed by atoms with Gasteiger partial charge < -0.3 is 15.2 Å². The molecule has 0 atom stereocenters. The van der Waals surface area contributed by atoms with Crippen LogP contribution in [0.4, 0.5) is 0 Å². The Morgan fingerprint density at radius 2 is 2.24 bits per heavy atom. The Morgan fingerprint density at radius 3 is 2.76 bits per heavy atom. The molecule has 1 saturated heterocycles. The summed E-state index contributed by atoms with van der Waals surface area (Å²) in [5.41, 5.74) is 1.29. The highest BCUT2D eigenvalue weighted by atomic mass is 16.5. The van der Waals surface area contributed by atoms with Crippen LogP contribution in [0.1, 0.15) is 22.8 Å². The van der Waals surface area contributed by atoms with Crippen molar-refractivity contribution in [3.63, 3.8) is 0 Å². The summed E-state index contributed by atoms with van der Waals surface area (Å²) in [7, 11) is 0. The molecule has 1 aliphatic rings. The predicted molar refractivity (Wildman–Crippen MR) is 64.1 cm³/mol. The molecule has 1 amide bonds. The van der Waals surface area contributed by atoms with Crippen molar-refractivity contribution in [2.45, 2.75) is 13.8 Å². The normalized spacial score (nSPS) is 17.3. The SMILES string of the molecule is Cc1ccc(C(=O)NCC2(C)COC2)c(O)c1. The van der Waals surface area contributed by atoms with Gasteiger partial charge >= 0.3 is 0 Å². The van der Waals surface area contributed by atoms with Crippen molar-refractivity contribution in [1.82, 2.24) is 5.32 Å². The maximum absolute atomic E-state index is 11.9. The van der Waals surface area contributed by atoms with E-state index in [9.17, 15) is 9.90 Å². The molecule has 17 heavy (non-hydrogen) atoms. The van der Waals surface area contributed by atoms with Gasteiger partial charge in [0.2, 0.25) is 0 Å². The molecular formula is C13H17NO3. The molecular weight excluding hydrogens is 218 g/mol. The molecule has 0 radical (unpaired) electrons. The molecule has 1 fully saturated rings.